The zero-order valence-corrected chi connectivity index (χ0v) is 15.0. The Morgan fingerprint density at radius 2 is 2.00 bits per heavy atom. The lowest BCUT2D eigenvalue weighted by Gasteiger charge is -2.42. The molecule has 3 rings (SSSR count). The number of aliphatic carboxylic acids is 1. The number of para-hydroxylation sites is 1. The number of carbonyl (C=O) groups excluding carboxylic acids is 1. The summed E-state index contributed by atoms with van der Waals surface area (Å²) in [5, 5.41) is 12.1. The van der Waals surface area contributed by atoms with E-state index in [-0.39, 0.29) is 25.2 Å². The second-order valence-electron chi connectivity index (χ2n) is 6.71. The molecule has 0 aliphatic heterocycles. The van der Waals surface area contributed by atoms with Crippen LogP contribution in [0.15, 0.2) is 33.9 Å². The van der Waals surface area contributed by atoms with Crippen LogP contribution < -0.4 is 16.6 Å². The van der Waals surface area contributed by atoms with Gasteiger partial charge in [-0.25, -0.2) is 4.79 Å². The van der Waals surface area contributed by atoms with Crippen molar-refractivity contribution in [2.24, 2.45) is 0 Å². The average Bonchev–Trinajstić information content (AvgIpc) is 2.59. The Hall–Kier alpha value is -2.94. The Bertz CT molecular complexity index is 974. The molecule has 2 aromatic rings. The number of benzene rings is 1. The van der Waals surface area contributed by atoms with Crippen LogP contribution in [0.25, 0.3) is 10.9 Å². The predicted octanol–water partition coefficient (Wildman–Crippen LogP) is -0.256. The minimum Gasteiger partial charge on any atom is -0.480 e. The van der Waals surface area contributed by atoms with Gasteiger partial charge in [-0.1, -0.05) is 19.1 Å². The van der Waals surface area contributed by atoms with Crippen LogP contribution in [0.5, 0.6) is 0 Å². The minimum absolute atomic E-state index is 0.0241. The molecule has 1 saturated carbocycles. The summed E-state index contributed by atoms with van der Waals surface area (Å²) in [6, 6.07) is 6.67. The van der Waals surface area contributed by atoms with Gasteiger partial charge in [-0.15, -0.1) is 0 Å². The van der Waals surface area contributed by atoms with Gasteiger partial charge in [0.1, 0.15) is 6.54 Å². The maximum absolute atomic E-state index is 12.4. The summed E-state index contributed by atoms with van der Waals surface area (Å²) in [6.45, 7) is 2.14. The number of carbonyl (C=O) groups is 2. The van der Waals surface area contributed by atoms with Crippen molar-refractivity contribution < 1.29 is 14.7 Å². The molecule has 1 fully saturated rings. The SMILES string of the molecule is CCN(CC(=O)O)C1CC(NC(=O)Cn2c(=O)[nH]c3ccccc3c2=O)C1. The van der Waals surface area contributed by atoms with Crippen molar-refractivity contribution in [3.63, 3.8) is 0 Å². The fraction of sp³-hybridized carbons (Fsp3) is 0.444. The Labute approximate surface area is 154 Å². The number of fused-ring (bicyclic) bond motifs is 1. The molecule has 1 aromatic carbocycles. The van der Waals surface area contributed by atoms with E-state index in [0.717, 1.165) is 4.57 Å². The van der Waals surface area contributed by atoms with Crippen LogP contribution in [0.3, 0.4) is 0 Å². The molecular formula is C18H22N4O5. The normalized spacial score (nSPS) is 19.0. The standard InChI is InChI=1S/C18H22N4O5/c1-2-21(10-16(24)25)12-7-11(8-12)19-15(23)9-22-17(26)13-5-3-4-6-14(13)20-18(22)27/h3-6,11-12H,2,7-10H2,1H3,(H,19,23)(H,20,27)(H,24,25). The van der Waals surface area contributed by atoms with E-state index in [4.69, 9.17) is 5.11 Å². The monoisotopic (exact) mass is 374 g/mol. The number of nitrogens with zero attached hydrogens (tertiary/aromatic N) is 2. The van der Waals surface area contributed by atoms with Crippen molar-refractivity contribution in [1.82, 2.24) is 19.8 Å². The molecule has 27 heavy (non-hydrogen) atoms. The Kier molecular flexibility index (Phi) is 5.41. The van der Waals surface area contributed by atoms with Crippen LogP contribution in [0, 0.1) is 0 Å². The summed E-state index contributed by atoms with van der Waals surface area (Å²) in [5.41, 5.74) is -0.697. The van der Waals surface area contributed by atoms with Gasteiger partial charge in [0.2, 0.25) is 5.91 Å². The second-order valence-corrected chi connectivity index (χ2v) is 6.71. The predicted molar refractivity (Wildman–Crippen MR) is 98.7 cm³/mol. The van der Waals surface area contributed by atoms with Gasteiger partial charge in [-0.2, -0.15) is 0 Å². The molecule has 9 nitrogen and oxygen atoms in total. The van der Waals surface area contributed by atoms with Crippen molar-refractivity contribution in [2.75, 3.05) is 13.1 Å². The molecule has 0 saturated heterocycles. The maximum atomic E-state index is 12.4. The molecule has 1 aliphatic carbocycles. The summed E-state index contributed by atoms with van der Waals surface area (Å²) < 4.78 is 0.886. The first kappa shape index (κ1) is 18.8. The zero-order chi connectivity index (χ0) is 19.6. The van der Waals surface area contributed by atoms with E-state index in [1.807, 2.05) is 11.8 Å². The highest BCUT2D eigenvalue weighted by Gasteiger charge is 2.34. The summed E-state index contributed by atoms with van der Waals surface area (Å²) in [6.07, 6.45) is 1.30. The number of carboxylic acid groups (broad SMARTS) is 1. The highest BCUT2D eigenvalue weighted by molar-refractivity contribution is 5.79. The smallest absolute Gasteiger partial charge is 0.329 e. The van der Waals surface area contributed by atoms with E-state index in [9.17, 15) is 19.2 Å². The number of amides is 1. The van der Waals surface area contributed by atoms with Crippen LogP contribution in [0.2, 0.25) is 0 Å². The maximum Gasteiger partial charge on any atom is 0.329 e. The summed E-state index contributed by atoms with van der Waals surface area (Å²) in [7, 11) is 0. The zero-order valence-electron chi connectivity index (χ0n) is 15.0. The molecule has 1 heterocycles. The van der Waals surface area contributed by atoms with E-state index in [2.05, 4.69) is 10.3 Å². The molecule has 1 aliphatic rings. The number of likely N-dealkylation sites (N-methyl/N-ethyl adjacent to an activating group) is 1. The number of hydrogen-bond donors (Lipinski definition) is 3. The van der Waals surface area contributed by atoms with Gasteiger partial charge < -0.3 is 15.4 Å². The van der Waals surface area contributed by atoms with Crippen molar-refractivity contribution in [1.29, 1.82) is 0 Å². The molecular weight excluding hydrogens is 352 g/mol. The van der Waals surface area contributed by atoms with Gasteiger partial charge in [-0.05, 0) is 31.5 Å². The Morgan fingerprint density at radius 1 is 1.30 bits per heavy atom. The number of aromatic nitrogens is 2. The molecule has 0 unspecified atom stereocenters. The van der Waals surface area contributed by atoms with E-state index in [0.29, 0.717) is 30.3 Å². The fourth-order valence-electron chi connectivity index (χ4n) is 3.44. The topological polar surface area (TPSA) is 124 Å². The first-order valence-corrected chi connectivity index (χ1v) is 8.86. The lowest BCUT2D eigenvalue weighted by atomic mass is 9.85. The van der Waals surface area contributed by atoms with Gasteiger partial charge >= 0.3 is 11.7 Å². The van der Waals surface area contributed by atoms with Gasteiger partial charge in [-0.3, -0.25) is 23.9 Å². The van der Waals surface area contributed by atoms with Crippen molar-refractivity contribution in [2.45, 2.75) is 38.4 Å². The lowest BCUT2D eigenvalue weighted by molar-refractivity contribution is -0.139. The second kappa shape index (κ2) is 7.75. The first-order chi connectivity index (χ1) is 12.9. The van der Waals surface area contributed by atoms with Gasteiger partial charge in [0, 0.05) is 12.1 Å². The minimum atomic E-state index is -0.876. The number of nitrogens with one attached hydrogen (secondary N) is 2. The highest BCUT2D eigenvalue weighted by atomic mass is 16.4. The molecule has 1 aromatic heterocycles. The molecule has 0 atom stereocenters. The van der Waals surface area contributed by atoms with E-state index < -0.39 is 23.1 Å². The van der Waals surface area contributed by atoms with Gasteiger partial charge in [0.05, 0.1) is 17.4 Å². The van der Waals surface area contributed by atoms with E-state index in [1.165, 1.54) is 0 Å². The van der Waals surface area contributed by atoms with Gasteiger partial charge in [0.25, 0.3) is 5.56 Å². The van der Waals surface area contributed by atoms with Crippen molar-refractivity contribution >= 4 is 22.8 Å². The quantitative estimate of drug-likeness (QED) is 0.614. The van der Waals surface area contributed by atoms with Crippen LogP contribution in [0.1, 0.15) is 19.8 Å². The summed E-state index contributed by atoms with van der Waals surface area (Å²) in [4.78, 5) is 52.1. The number of hydrogen-bond acceptors (Lipinski definition) is 5. The molecule has 1 amide bonds. The molecule has 0 radical (unpaired) electrons. The third-order valence-electron chi connectivity index (χ3n) is 4.93. The molecule has 144 valence electrons. The fourth-order valence-corrected chi connectivity index (χ4v) is 3.44. The Balaban J connectivity index is 1.61. The van der Waals surface area contributed by atoms with Crippen molar-refractivity contribution in [3.8, 4) is 0 Å². The third kappa shape index (κ3) is 4.08. The number of carboxylic acids is 1. The van der Waals surface area contributed by atoms with Crippen LogP contribution in [0.4, 0.5) is 0 Å². The molecule has 0 spiro atoms. The lowest BCUT2D eigenvalue weighted by Crippen LogP contribution is -2.55. The summed E-state index contributed by atoms with van der Waals surface area (Å²) >= 11 is 0. The van der Waals surface area contributed by atoms with Gasteiger partial charge in [0.15, 0.2) is 0 Å². The van der Waals surface area contributed by atoms with Crippen molar-refractivity contribution in [3.05, 3.63) is 45.1 Å². The van der Waals surface area contributed by atoms with Crippen LogP contribution >= 0.6 is 0 Å². The number of rotatable bonds is 7. The average molecular weight is 374 g/mol. The van der Waals surface area contributed by atoms with Crippen LogP contribution in [-0.4, -0.2) is 56.6 Å². The number of aromatic amines is 1. The molecule has 9 heteroatoms. The third-order valence-corrected chi connectivity index (χ3v) is 4.93. The highest BCUT2D eigenvalue weighted by Crippen LogP contribution is 2.25. The molecule has 3 N–H and O–H groups in total. The Morgan fingerprint density at radius 3 is 2.67 bits per heavy atom. The molecule has 0 bridgehead atoms. The summed E-state index contributed by atoms with van der Waals surface area (Å²) in [5.74, 6) is -1.29. The largest absolute Gasteiger partial charge is 0.480 e. The number of H-pyrrole nitrogens is 1. The van der Waals surface area contributed by atoms with E-state index >= 15 is 0 Å². The van der Waals surface area contributed by atoms with E-state index in [1.54, 1.807) is 24.3 Å². The first-order valence-electron chi connectivity index (χ1n) is 8.86. The van der Waals surface area contributed by atoms with Crippen LogP contribution in [-0.2, 0) is 16.1 Å².